The molecule has 2 amide bonds. The number of aliphatic carboxylic acids is 1. The number of thiol groups is 1. The third-order valence-electron chi connectivity index (χ3n) is 4.00. The zero-order valence-electron chi connectivity index (χ0n) is 13.4. The average Bonchev–Trinajstić information content (AvgIpc) is 2.71. The van der Waals surface area contributed by atoms with Gasteiger partial charge < -0.3 is 15.3 Å². The number of carboxylic acid groups (broad SMARTS) is 1. The van der Waals surface area contributed by atoms with Crippen molar-refractivity contribution in [2.75, 3.05) is 13.1 Å². The fourth-order valence-corrected chi connectivity index (χ4v) is 3.04. The molecule has 2 N–H and O–H groups in total. The average molecular weight is 350 g/mol. The van der Waals surface area contributed by atoms with Gasteiger partial charge in [-0.15, -0.1) is 0 Å². The fraction of sp³-hybridized carbons (Fsp3) is 0.471. The third kappa shape index (κ3) is 5.26. The van der Waals surface area contributed by atoms with Crippen LogP contribution in [0, 0.1) is 0 Å². The molecule has 1 aliphatic rings. The Hall–Kier alpha value is -2.02. The van der Waals surface area contributed by atoms with Gasteiger partial charge in [0.1, 0.15) is 12.6 Å². The first kappa shape index (κ1) is 18.3. The number of hydrogen-bond acceptors (Lipinski definition) is 4. The number of likely N-dealkylation sites (tertiary alicyclic amines) is 1. The molecule has 1 aliphatic heterocycles. The van der Waals surface area contributed by atoms with Crippen LogP contribution in [-0.2, 0) is 20.8 Å². The Bertz CT molecular complexity index is 594. The molecule has 24 heavy (non-hydrogen) atoms. The van der Waals surface area contributed by atoms with Crippen LogP contribution < -0.4 is 5.32 Å². The van der Waals surface area contributed by atoms with Crippen molar-refractivity contribution in [3.05, 3.63) is 35.9 Å². The second-order valence-corrected chi connectivity index (χ2v) is 6.54. The minimum atomic E-state index is -1.05. The molecule has 2 atom stereocenters. The van der Waals surface area contributed by atoms with E-state index >= 15 is 0 Å². The van der Waals surface area contributed by atoms with Gasteiger partial charge in [0.2, 0.25) is 11.8 Å². The Kier molecular flexibility index (Phi) is 6.66. The van der Waals surface area contributed by atoms with Gasteiger partial charge in [0.15, 0.2) is 0 Å². The molecule has 7 heteroatoms. The van der Waals surface area contributed by atoms with Gasteiger partial charge >= 0.3 is 5.97 Å². The lowest BCUT2D eigenvalue weighted by molar-refractivity contribution is -0.145. The van der Waals surface area contributed by atoms with Crippen molar-refractivity contribution in [1.82, 2.24) is 10.2 Å². The molecule has 1 fully saturated rings. The number of carbonyl (C=O) groups excluding carboxylic acids is 2. The lowest BCUT2D eigenvalue weighted by Gasteiger charge is -2.24. The van der Waals surface area contributed by atoms with Crippen molar-refractivity contribution in [2.45, 2.75) is 37.0 Å². The van der Waals surface area contributed by atoms with Crippen molar-refractivity contribution < 1.29 is 19.5 Å². The molecule has 1 aromatic carbocycles. The van der Waals surface area contributed by atoms with Crippen LogP contribution in [0.25, 0.3) is 0 Å². The topological polar surface area (TPSA) is 86.7 Å². The van der Waals surface area contributed by atoms with E-state index in [4.69, 9.17) is 5.11 Å². The molecule has 0 aromatic heterocycles. The van der Waals surface area contributed by atoms with Crippen LogP contribution in [0.2, 0.25) is 0 Å². The first-order chi connectivity index (χ1) is 11.5. The molecule has 0 spiro atoms. The van der Waals surface area contributed by atoms with E-state index in [0.717, 1.165) is 18.4 Å². The molecule has 1 saturated heterocycles. The predicted molar refractivity (Wildman–Crippen MR) is 92.9 cm³/mol. The van der Waals surface area contributed by atoms with Crippen LogP contribution in [-0.4, -0.2) is 52.2 Å². The normalized spacial score (nSPS) is 19.5. The van der Waals surface area contributed by atoms with Crippen molar-refractivity contribution in [3.63, 3.8) is 0 Å². The molecule has 0 aliphatic carbocycles. The molecule has 6 nitrogen and oxygen atoms in total. The van der Waals surface area contributed by atoms with Crippen molar-refractivity contribution in [2.24, 2.45) is 0 Å². The SMILES string of the molecule is O=C(O)CN1CCCC[C@H](NC(=O)C(S)Cc2ccccc2)C1=O. The third-order valence-corrected chi connectivity index (χ3v) is 4.41. The number of amides is 2. The summed E-state index contributed by atoms with van der Waals surface area (Å²) in [5, 5.41) is 11.1. The van der Waals surface area contributed by atoms with Crippen molar-refractivity contribution in [3.8, 4) is 0 Å². The maximum absolute atomic E-state index is 12.4. The monoisotopic (exact) mass is 350 g/mol. The Morgan fingerprint density at radius 1 is 1.29 bits per heavy atom. The maximum Gasteiger partial charge on any atom is 0.323 e. The zero-order valence-corrected chi connectivity index (χ0v) is 14.2. The van der Waals surface area contributed by atoms with E-state index in [-0.39, 0.29) is 18.4 Å². The molecule has 1 unspecified atom stereocenters. The first-order valence-corrected chi connectivity index (χ1v) is 8.52. The number of nitrogens with zero attached hydrogens (tertiary/aromatic N) is 1. The summed E-state index contributed by atoms with van der Waals surface area (Å²) in [5.41, 5.74) is 0.993. The largest absolute Gasteiger partial charge is 0.480 e. The summed E-state index contributed by atoms with van der Waals surface area (Å²) in [6.45, 7) is 0.0747. The molecule has 0 saturated carbocycles. The van der Waals surface area contributed by atoms with Crippen LogP contribution in [0.1, 0.15) is 24.8 Å². The highest BCUT2D eigenvalue weighted by Crippen LogP contribution is 2.14. The van der Waals surface area contributed by atoms with E-state index in [1.54, 1.807) is 0 Å². The Morgan fingerprint density at radius 3 is 2.67 bits per heavy atom. The first-order valence-electron chi connectivity index (χ1n) is 8.00. The number of carboxylic acids is 1. The van der Waals surface area contributed by atoms with Gasteiger partial charge in [0, 0.05) is 6.54 Å². The smallest absolute Gasteiger partial charge is 0.323 e. The summed E-state index contributed by atoms with van der Waals surface area (Å²) < 4.78 is 0. The van der Waals surface area contributed by atoms with Crippen LogP contribution in [0.15, 0.2) is 30.3 Å². The van der Waals surface area contributed by atoms with Gasteiger partial charge in [-0.1, -0.05) is 30.3 Å². The van der Waals surface area contributed by atoms with Crippen LogP contribution in [0.5, 0.6) is 0 Å². The molecular weight excluding hydrogens is 328 g/mol. The highest BCUT2D eigenvalue weighted by Gasteiger charge is 2.30. The quantitative estimate of drug-likeness (QED) is 0.671. The maximum atomic E-state index is 12.4. The van der Waals surface area contributed by atoms with E-state index in [1.165, 1.54) is 4.90 Å². The van der Waals surface area contributed by atoms with Gasteiger partial charge in [-0.2, -0.15) is 12.6 Å². The number of benzene rings is 1. The fourth-order valence-electron chi connectivity index (χ4n) is 2.76. The highest BCUT2D eigenvalue weighted by atomic mass is 32.1. The second kappa shape index (κ2) is 8.73. The second-order valence-electron chi connectivity index (χ2n) is 5.92. The summed E-state index contributed by atoms with van der Waals surface area (Å²) >= 11 is 4.34. The van der Waals surface area contributed by atoms with Gasteiger partial charge in [0.05, 0.1) is 5.25 Å². The summed E-state index contributed by atoms with van der Waals surface area (Å²) in [4.78, 5) is 36.9. The van der Waals surface area contributed by atoms with E-state index in [2.05, 4.69) is 17.9 Å². The van der Waals surface area contributed by atoms with E-state index in [9.17, 15) is 14.4 Å². The molecule has 130 valence electrons. The standard InChI is InChI=1S/C17H22N2O4S/c20-15(21)11-19-9-5-4-8-13(17(19)23)18-16(22)14(24)10-12-6-2-1-3-7-12/h1-3,6-7,13-14,24H,4-5,8-11H2,(H,18,22)(H,20,21)/t13-,14?/m0/s1. The highest BCUT2D eigenvalue weighted by molar-refractivity contribution is 7.81. The lowest BCUT2D eigenvalue weighted by Crippen LogP contribution is -2.50. The van der Waals surface area contributed by atoms with E-state index in [1.807, 2.05) is 30.3 Å². The van der Waals surface area contributed by atoms with Crippen molar-refractivity contribution >= 4 is 30.4 Å². The van der Waals surface area contributed by atoms with E-state index < -0.39 is 17.3 Å². The van der Waals surface area contributed by atoms with Crippen LogP contribution >= 0.6 is 12.6 Å². The molecule has 0 radical (unpaired) electrons. The number of nitrogens with one attached hydrogen (secondary N) is 1. The Labute approximate surface area is 146 Å². The predicted octanol–water partition coefficient (Wildman–Crippen LogP) is 1.11. The number of hydrogen-bond donors (Lipinski definition) is 3. The van der Waals surface area contributed by atoms with Crippen LogP contribution in [0.3, 0.4) is 0 Å². The molecule has 1 heterocycles. The number of carbonyl (C=O) groups is 3. The van der Waals surface area contributed by atoms with Crippen LogP contribution in [0.4, 0.5) is 0 Å². The molecule has 1 aromatic rings. The lowest BCUT2D eigenvalue weighted by atomic mass is 10.1. The zero-order chi connectivity index (χ0) is 17.5. The Balaban J connectivity index is 1.95. The Morgan fingerprint density at radius 2 is 2.00 bits per heavy atom. The molecular formula is C17H22N2O4S. The van der Waals surface area contributed by atoms with Gasteiger partial charge in [-0.25, -0.2) is 0 Å². The molecule has 0 bridgehead atoms. The minimum Gasteiger partial charge on any atom is -0.480 e. The van der Waals surface area contributed by atoms with Crippen molar-refractivity contribution in [1.29, 1.82) is 0 Å². The van der Waals surface area contributed by atoms with Gasteiger partial charge in [-0.3, -0.25) is 14.4 Å². The van der Waals surface area contributed by atoms with Gasteiger partial charge in [-0.05, 0) is 31.2 Å². The number of rotatable bonds is 6. The van der Waals surface area contributed by atoms with E-state index in [0.29, 0.717) is 19.4 Å². The summed E-state index contributed by atoms with van der Waals surface area (Å²) in [6, 6.07) is 8.85. The van der Waals surface area contributed by atoms with Gasteiger partial charge in [0.25, 0.3) is 0 Å². The minimum absolute atomic E-state index is 0.308. The summed E-state index contributed by atoms with van der Waals surface area (Å²) in [5.74, 6) is -1.69. The summed E-state index contributed by atoms with van der Waals surface area (Å²) in [7, 11) is 0. The molecule has 2 rings (SSSR count). The summed E-state index contributed by atoms with van der Waals surface area (Å²) in [6.07, 6.45) is 2.49.